The van der Waals surface area contributed by atoms with Crippen LogP contribution in [0.5, 0.6) is 23.0 Å². The summed E-state index contributed by atoms with van der Waals surface area (Å²) < 4.78 is 21.6. The largest absolute Gasteiger partial charge is 0.497 e. The third-order valence-corrected chi connectivity index (χ3v) is 5.49. The first-order chi connectivity index (χ1) is 15.6. The number of anilines is 2. The number of aromatic nitrogens is 2. The molecule has 3 aromatic rings. The quantitative estimate of drug-likeness (QED) is 0.571. The van der Waals surface area contributed by atoms with Crippen LogP contribution in [0.2, 0.25) is 0 Å². The molecule has 4 rings (SSSR count). The van der Waals surface area contributed by atoms with Gasteiger partial charge in [-0.15, -0.1) is 0 Å². The number of methoxy groups -OCH3 is 4. The highest BCUT2D eigenvalue weighted by molar-refractivity contribution is 5.55. The third-order valence-electron chi connectivity index (χ3n) is 5.49. The van der Waals surface area contributed by atoms with Crippen molar-refractivity contribution in [1.82, 2.24) is 14.9 Å². The minimum absolute atomic E-state index is 0.604. The molecule has 0 bridgehead atoms. The zero-order valence-electron chi connectivity index (χ0n) is 18.8. The monoisotopic (exact) mass is 436 g/mol. The topological polar surface area (TPSA) is 78.0 Å². The zero-order chi connectivity index (χ0) is 22.5. The second-order valence-electron chi connectivity index (χ2n) is 7.51. The van der Waals surface area contributed by atoms with Crippen LogP contribution in [0.15, 0.2) is 42.6 Å². The number of benzene rings is 2. The van der Waals surface area contributed by atoms with Gasteiger partial charge in [0.1, 0.15) is 5.75 Å². The second-order valence-corrected chi connectivity index (χ2v) is 7.51. The van der Waals surface area contributed by atoms with E-state index in [-0.39, 0.29) is 0 Å². The van der Waals surface area contributed by atoms with Crippen LogP contribution in [-0.4, -0.2) is 49.9 Å². The van der Waals surface area contributed by atoms with Crippen LogP contribution in [0.3, 0.4) is 0 Å². The molecule has 0 saturated carbocycles. The highest BCUT2D eigenvalue weighted by Crippen LogP contribution is 2.38. The fourth-order valence-electron chi connectivity index (χ4n) is 3.86. The summed E-state index contributed by atoms with van der Waals surface area (Å²) in [5, 5.41) is 3.26. The molecule has 0 unspecified atom stereocenters. The summed E-state index contributed by atoms with van der Waals surface area (Å²) in [6.45, 7) is 2.46. The Labute approximate surface area is 188 Å². The van der Waals surface area contributed by atoms with Crippen molar-refractivity contribution in [3.8, 4) is 23.0 Å². The van der Waals surface area contributed by atoms with Gasteiger partial charge < -0.3 is 24.3 Å². The Kier molecular flexibility index (Phi) is 6.61. The van der Waals surface area contributed by atoms with E-state index in [1.165, 1.54) is 0 Å². The van der Waals surface area contributed by atoms with Crippen LogP contribution >= 0.6 is 0 Å². The number of rotatable bonds is 8. The summed E-state index contributed by atoms with van der Waals surface area (Å²) in [5.41, 5.74) is 4.24. The highest BCUT2D eigenvalue weighted by Gasteiger charge is 2.20. The van der Waals surface area contributed by atoms with Crippen LogP contribution in [0.1, 0.15) is 16.8 Å². The standard InChI is InChI=1S/C24H28N4O4/c1-29-19-7-5-18(6-8-19)26-24-25-13-17-15-28(10-9-20(17)27-24)14-16-11-21(30-2)23(32-4)22(12-16)31-3/h5-8,11-13H,9-10,14-15H2,1-4H3,(H,25,26,27). The fourth-order valence-corrected chi connectivity index (χ4v) is 3.86. The molecule has 1 aliphatic heterocycles. The van der Waals surface area contributed by atoms with Gasteiger partial charge in [0.2, 0.25) is 11.7 Å². The molecule has 0 aliphatic carbocycles. The van der Waals surface area contributed by atoms with Crippen molar-refractivity contribution in [1.29, 1.82) is 0 Å². The van der Waals surface area contributed by atoms with Gasteiger partial charge in [-0.05, 0) is 42.0 Å². The van der Waals surface area contributed by atoms with Gasteiger partial charge in [-0.1, -0.05) is 0 Å². The van der Waals surface area contributed by atoms with Gasteiger partial charge in [0.05, 0.1) is 34.1 Å². The van der Waals surface area contributed by atoms with Crippen molar-refractivity contribution in [2.24, 2.45) is 0 Å². The fraction of sp³-hybridized carbons (Fsp3) is 0.333. The summed E-state index contributed by atoms with van der Waals surface area (Å²) in [7, 11) is 6.53. The number of hydrogen-bond acceptors (Lipinski definition) is 8. The van der Waals surface area contributed by atoms with Crippen molar-refractivity contribution >= 4 is 11.6 Å². The lowest BCUT2D eigenvalue weighted by Crippen LogP contribution is -2.31. The highest BCUT2D eigenvalue weighted by atomic mass is 16.5. The molecule has 0 atom stereocenters. The lowest BCUT2D eigenvalue weighted by Gasteiger charge is -2.28. The SMILES string of the molecule is COc1ccc(Nc2ncc3c(n2)CCN(Cc2cc(OC)c(OC)c(OC)c2)C3)cc1. The molecular weight excluding hydrogens is 408 g/mol. The summed E-state index contributed by atoms with van der Waals surface area (Å²) in [6.07, 6.45) is 2.77. The number of nitrogens with one attached hydrogen (secondary N) is 1. The average Bonchev–Trinajstić information content (AvgIpc) is 2.84. The van der Waals surface area contributed by atoms with E-state index in [1.807, 2.05) is 42.6 Å². The second kappa shape index (κ2) is 9.74. The Morgan fingerprint density at radius 3 is 2.28 bits per heavy atom. The molecule has 0 saturated heterocycles. The molecule has 0 radical (unpaired) electrons. The van der Waals surface area contributed by atoms with Gasteiger partial charge in [0.25, 0.3) is 0 Å². The number of hydrogen-bond donors (Lipinski definition) is 1. The Balaban J connectivity index is 1.45. The van der Waals surface area contributed by atoms with Crippen molar-refractivity contribution in [3.05, 3.63) is 59.4 Å². The lowest BCUT2D eigenvalue weighted by atomic mass is 10.1. The van der Waals surface area contributed by atoms with Crippen molar-refractivity contribution in [2.45, 2.75) is 19.5 Å². The van der Waals surface area contributed by atoms with Crippen molar-refractivity contribution in [2.75, 3.05) is 40.3 Å². The molecule has 0 amide bonds. The van der Waals surface area contributed by atoms with Crippen molar-refractivity contribution < 1.29 is 18.9 Å². The Morgan fingerprint density at radius 1 is 0.938 bits per heavy atom. The zero-order valence-corrected chi connectivity index (χ0v) is 18.8. The normalized spacial score (nSPS) is 13.2. The van der Waals surface area contributed by atoms with Gasteiger partial charge in [-0.2, -0.15) is 0 Å². The molecule has 0 fully saturated rings. The van der Waals surface area contributed by atoms with Gasteiger partial charge in [-0.25, -0.2) is 9.97 Å². The smallest absolute Gasteiger partial charge is 0.227 e. The lowest BCUT2D eigenvalue weighted by molar-refractivity contribution is 0.241. The third kappa shape index (κ3) is 4.70. The molecule has 2 aromatic carbocycles. The van der Waals surface area contributed by atoms with Gasteiger partial charge in [0, 0.05) is 43.5 Å². The molecule has 1 N–H and O–H groups in total. The van der Waals surface area contributed by atoms with Crippen LogP contribution in [-0.2, 0) is 19.5 Å². The molecule has 1 aliphatic rings. The summed E-state index contributed by atoms with van der Waals surface area (Å²) in [4.78, 5) is 11.6. The van der Waals surface area contributed by atoms with E-state index in [2.05, 4.69) is 15.2 Å². The van der Waals surface area contributed by atoms with Crippen molar-refractivity contribution in [3.63, 3.8) is 0 Å². The van der Waals surface area contributed by atoms with E-state index in [0.29, 0.717) is 23.2 Å². The van der Waals surface area contributed by atoms with Gasteiger partial charge in [-0.3, -0.25) is 4.90 Å². The van der Waals surface area contributed by atoms with E-state index < -0.39 is 0 Å². The van der Waals surface area contributed by atoms with E-state index >= 15 is 0 Å². The summed E-state index contributed by atoms with van der Waals surface area (Å²) >= 11 is 0. The predicted octanol–water partition coefficient (Wildman–Crippen LogP) is 3.81. The van der Waals surface area contributed by atoms with Crippen LogP contribution in [0.4, 0.5) is 11.6 Å². The van der Waals surface area contributed by atoms with E-state index in [1.54, 1.807) is 28.4 Å². The minimum Gasteiger partial charge on any atom is -0.497 e. The van der Waals surface area contributed by atoms with Gasteiger partial charge in [0.15, 0.2) is 11.5 Å². The molecule has 0 spiro atoms. The van der Waals surface area contributed by atoms with Crippen LogP contribution in [0, 0.1) is 0 Å². The molecule has 32 heavy (non-hydrogen) atoms. The van der Waals surface area contributed by atoms with E-state index in [4.69, 9.17) is 23.9 Å². The number of ether oxygens (including phenoxy) is 4. The first kappa shape index (κ1) is 21.7. The molecule has 168 valence electrons. The Bertz CT molecular complexity index is 1050. The molecule has 8 nitrogen and oxygen atoms in total. The van der Waals surface area contributed by atoms with Crippen LogP contribution in [0.25, 0.3) is 0 Å². The molecular formula is C24H28N4O4. The Hall–Kier alpha value is -3.52. The number of fused-ring (bicyclic) bond motifs is 1. The minimum atomic E-state index is 0.604. The van der Waals surface area contributed by atoms with Gasteiger partial charge >= 0.3 is 0 Å². The maximum Gasteiger partial charge on any atom is 0.227 e. The Morgan fingerprint density at radius 2 is 1.66 bits per heavy atom. The first-order valence-electron chi connectivity index (χ1n) is 10.4. The maximum absolute atomic E-state index is 5.48. The summed E-state index contributed by atoms with van der Waals surface area (Å²) in [5.74, 6) is 3.35. The average molecular weight is 437 g/mol. The summed E-state index contributed by atoms with van der Waals surface area (Å²) in [6, 6.07) is 11.7. The molecule has 8 heteroatoms. The van der Waals surface area contributed by atoms with E-state index in [0.717, 1.165) is 54.3 Å². The molecule has 2 heterocycles. The maximum atomic E-state index is 5.48. The van der Waals surface area contributed by atoms with E-state index in [9.17, 15) is 0 Å². The van der Waals surface area contributed by atoms with Crippen LogP contribution < -0.4 is 24.3 Å². The predicted molar refractivity (Wildman–Crippen MR) is 122 cm³/mol. The number of nitrogens with zero attached hydrogens (tertiary/aromatic N) is 3. The first-order valence-corrected chi connectivity index (χ1v) is 10.4. The molecule has 1 aromatic heterocycles.